The third-order valence-electron chi connectivity index (χ3n) is 3.77. The maximum Gasteiger partial charge on any atom is 0.179 e. The first kappa shape index (κ1) is 15.5. The van der Waals surface area contributed by atoms with Crippen molar-refractivity contribution in [2.24, 2.45) is 5.41 Å². The van der Waals surface area contributed by atoms with Crippen LogP contribution in [0.25, 0.3) is 0 Å². The van der Waals surface area contributed by atoms with E-state index in [0.717, 1.165) is 24.3 Å². The van der Waals surface area contributed by atoms with Crippen LogP contribution < -0.4 is 14.8 Å². The van der Waals surface area contributed by atoms with E-state index in [0.29, 0.717) is 30.0 Å². The molecule has 1 N–H and O–H groups in total. The lowest BCUT2D eigenvalue weighted by atomic mass is 9.88. The summed E-state index contributed by atoms with van der Waals surface area (Å²) in [5, 5.41) is 4.16. The van der Waals surface area contributed by atoms with Crippen LogP contribution >= 0.6 is 11.6 Å². The van der Waals surface area contributed by atoms with E-state index in [2.05, 4.69) is 33.0 Å². The van der Waals surface area contributed by atoms with Crippen LogP contribution in [-0.2, 0) is 6.54 Å². The largest absolute Gasteiger partial charge is 0.489 e. The van der Waals surface area contributed by atoms with Crippen molar-refractivity contribution in [3.8, 4) is 11.5 Å². The molecule has 0 aromatic heterocycles. The highest BCUT2D eigenvalue weighted by molar-refractivity contribution is 6.32. The predicted octanol–water partition coefficient (Wildman–Crippen LogP) is 4.03. The first-order valence-electron chi connectivity index (χ1n) is 7.19. The second-order valence-corrected chi connectivity index (χ2v) is 6.83. The lowest BCUT2D eigenvalue weighted by Crippen LogP contribution is -2.37. The van der Waals surface area contributed by atoms with Crippen LogP contribution in [0.15, 0.2) is 12.1 Å². The second-order valence-electron chi connectivity index (χ2n) is 6.42. The van der Waals surface area contributed by atoms with E-state index in [1.165, 1.54) is 0 Å². The molecule has 4 heteroatoms. The molecule has 2 rings (SSSR count). The van der Waals surface area contributed by atoms with E-state index < -0.39 is 0 Å². The minimum Gasteiger partial charge on any atom is -0.489 e. The molecular formula is C16H24ClNO2. The first-order valence-corrected chi connectivity index (χ1v) is 7.57. The van der Waals surface area contributed by atoms with Crippen molar-refractivity contribution < 1.29 is 9.47 Å². The minimum atomic E-state index is 0.231. The summed E-state index contributed by atoms with van der Waals surface area (Å²) in [5.74, 6) is 1.44. The van der Waals surface area contributed by atoms with Crippen molar-refractivity contribution in [3.63, 3.8) is 0 Å². The molecule has 1 atom stereocenters. The molecule has 20 heavy (non-hydrogen) atoms. The van der Waals surface area contributed by atoms with Gasteiger partial charge in [0, 0.05) is 19.0 Å². The zero-order valence-electron chi connectivity index (χ0n) is 12.8. The molecule has 112 valence electrons. The summed E-state index contributed by atoms with van der Waals surface area (Å²) in [7, 11) is 0. The molecule has 1 aliphatic rings. The van der Waals surface area contributed by atoms with Crippen LogP contribution in [0.5, 0.6) is 11.5 Å². The molecule has 0 saturated carbocycles. The van der Waals surface area contributed by atoms with Crippen molar-refractivity contribution in [3.05, 3.63) is 22.7 Å². The Hall–Kier alpha value is -0.930. The summed E-state index contributed by atoms with van der Waals surface area (Å²) in [5.41, 5.74) is 1.35. The number of nitrogens with one attached hydrogen (secondary N) is 1. The van der Waals surface area contributed by atoms with Crippen molar-refractivity contribution in [1.82, 2.24) is 5.32 Å². The number of hydrogen-bond acceptors (Lipinski definition) is 3. The molecule has 0 bridgehead atoms. The maximum absolute atomic E-state index is 6.29. The van der Waals surface area contributed by atoms with Gasteiger partial charge in [0.2, 0.25) is 0 Å². The standard InChI is InChI=1S/C16H24ClNO2/c1-11(16(2,3)4)18-10-12-8-13(17)15-14(9-12)19-6-5-7-20-15/h8-9,11,18H,5-7,10H2,1-4H3. The number of ether oxygens (including phenoxy) is 2. The molecule has 0 fully saturated rings. The minimum absolute atomic E-state index is 0.231. The van der Waals surface area contributed by atoms with Gasteiger partial charge in [-0.25, -0.2) is 0 Å². The average molecular weight is 298 g/mol. The van der Waals surface area contributed by atoms with E-state index in [-0.39, 0.29) is 5.41 Å². The lowest BCUT2D eigenvalue weighted by molar-refractivity contribution is 0.285. The molecule has 1 aliphatic heterocycles. The Balaban J connectivity index is 2.10. The highest BCUT2D eigenvalue weighted by Gasteiger charge is 2.20. The molecule has 1 aromatic rings. The maximum atomic E-state index is 6.29. The smallest absolute Gasteiger partial charge is 0.179 e. The van der Waals surface area contributed by atoms with E-state index in [1.807, 2.05) is 12.1 Å². The zero-order chi connectivity index (χ0) is 14.8. The van der Waals surface area contributed by atoms with Gasteiger partial charge >= 0.3 is 0 Å². The lowest BCUT2D eigenvalue weighted by Gasteiger charge is -2.28. The van der Waals surface area contributed by atoms with Gasteiger partial charge in [-0.15, -0.1) is 0 Å². The number of benzene rings is 1. The van der Waals surface area contributed by atoms with Crippen molar-refractivity contribution >= 4 is 11.6 Å². The highest BCUT2D eigenvalue weighted by Crippen LogP contribution is 2.38. The van der Waals surface area contributed by atoms with Crippen LogP contribution in [0.1, 0.15) is 39.7 Å². The summed E-state index contributed by atoms with van der Waals surface area (Å²) in [6.45, 7) is 11.0. The van der Waals surface area contributed by atoms with Gasteiger partial charge in [-0.1, -0.05) is 32.4 Å². The molecule has 0 spiro atoms. The van der Waals surface area contributed by atoms with Gasteiger partial charge in [0.05, 0.1) is 18.2 Å². The first-order chi connectivity index (χ1) is 9.38. The fourth-order valence-electron chi connectivity index (χ4n) is 1.96. The molecule has 0 amide bonds. The Bertz CT molecular complexity index is 468. The molecule has 0 aliphatic carbocycles. The Kier molecular flexibility index (Phi) is 4.82. The van der Waals surface area contributed by atoms with E-state index in [9.17, 15) is 0 Å². The van der Waals surface area contributed by atoms with Crippen molar-refractivity contribution in [2.45, 2.75) is 46.7 Å². The van der Waals surface area contributed by atoms with E-state index >= 15 is 0 Å². The van der Waals surface area contributed by atoms with Gasteiger partial charge in [-0.05, 0) is 30.0 Å². The van der Waals surface area contributed by atoms with E-state index in [4.69, 9.17) is 21.1 Å². The average Bonchev–Trinajstić information content (AvgIpc) is 2.60. The Morgan fingerprint density at radius 3 is 2.65 bits per heavy atom. The van der Waals surface area contributed by atoms with Crippen LogP contribution in [0.2, 0.25) is 5.02 Å². The van der Waals surface area contributed by atoms with Gasteiger partial charge in [-0.3, -0.25) is 0 Å². The highest BCUT2D eigenvalue weighted by atomic mass is 35.5. The fraction of sp³-hybridized carbons (Fsp3) is 0.625. The van der Waals surface area contributed by atoms with Gasteiger partial charge < -0.3 is 14.8 Å². The van der Waals surface area contributed by atoms with Crippen LogP contribution in [0.4, 0.5) is 0 Å². The van der Waals surface area contributed by atoms with Crippen LogP contribution in [0.3, 0.4) is 0 Å². The van der Waals surface area contributed by atoms with Crippen molar-refractivity contribution in [2.75, 3.05) is 13.2 Å². The third-order valence-corrected chi connectivity index (χ3v) is 4.05. The molecule has 3 nitrogen and oxygen atoms in total. The van der Waals surface area contributed by atoms with Crippen LogP contribution in [0, 0.1) is 5.41 Å². The third kappa shape index (κ3) is 3.80. The number of fused-ring (bicyclic) bond motifs is 1. The quantitative estimate of drug-likeness (QED) is 0.914. The summed E-state index contributed by atoms with van der Waals surface area (Å²) < 4.78 is 11.3. The Morgan fingerprint density at radius 1 is 1.25 bits per heavy atom. The number of hydrogen-bond donors (Lipinski definition) is 1. The fourth-order valence-corrected chi connectivity index (χ4v) is 2.25. The van der Waals surface area contributed by atoms with Gasteiger partial charge in [0.15, 0.2) is 11.5 Å². The summed E-state index contributed by atoms with van der Waals surface area (Å²) in [6, 6.07) is 4.39. The predicted molar refractivity (Wildman–Crippen MR) is 82.8 cm³/mol. The number of halogens is 1. The Labute approximate surface area is 126 Å². The second kappa shape index (κ2) is 6.23. The van der Waals surface area contributed by atoms with Crippen LogP contribution in [-0.4, -0.2) is 19.3 Å². The van der Waals surface area contributed by atoms with Gasteiger partial charge in [0.25, 0.3) is 0 Å². The molecule has 1 aromatic carbocycles. The topological polar surface area (TPSA) is 30.5 Å². The summed E-state index contributed by atoms with van der Waals surface area (Å²) in [6.07, 6.45) is 0.889. The van der Waals surface area contributed by atoms with Crippen molar-refractivity contribution in [1.29, 1.82) is 0 Å². The zero-order valence-corrected chi connectivity index (χ0v) is 13.5. The number of rotatable bonds is 3. The molecule has 1 heterocycles. The molecule has 1 unspecified atom stereocenters. The normalized spacial score (nSPS) is 16.6. The van der Waals surface area contributed by atoms with Gasteiger partial charge in [-0.2, -0.15) is 0 Å². The van der Waals surface area contributed by atoms with Gasteiger partial charge in [0.1, 0.15) is 0 Å². The van der Waals surface area contributed by atoms with E-state index in [1.54, 1.807) is 0 Å². The molecule has 0 saturated heterocycles. The summed E-state index contributed by atoms with van der Waals surface area (Å²) >= 11 is 6.29. The summed E-state index contributed by atoms with van der Waals surface area (Å²) in [4.78, 5) is 0. The monoisotopic (exact) mass is 297 g/mol. The molecular weight excluding hydrogens is 274 g/mol. The molecule has 0 radical (unpaired) electrons. The SMILES string of the molecule is CC(NCc1cc(Cl)c2c(c1)OCCCO2)C(C)(C)C. The Morgan fingerprint density at radius 2 is 1.95 bits per heavy atom.